The molecule has 192 valence electrons. The van der Waals surface area contributed by atoms with Crippen molar-refractivity contribution in [2.75, 3.05) is 13.2 Å². The van der Waals surface area contributed by atoms with Crippen LogP contribution in [0.5, 0.6) is 5.75 Å². The summed E-state index contributed by atoms with van der Waals surface area (Å²) in [7, 11) is 0. The van der Waals surface area contributed by atoms with Gasteiger partial charge >= 0.3 is 0 Å². The van der Waals surface area contributed by atoms with Gasteiger partial charge in [0.15, 0.2) is 0 Å². The van der Waals surface area contributed by atoms with E-state index in [9.17, 15) is 4.79 Å². The van der Waals surface area contributed by atoms with Gasteiger partial charge in [0, 0.05) is 18.5 Å². The lowest BCUT2D eigenvalue weighted by Gasteiger charge is -2.13. The van der Waals surface area contributed by atoms with E-state index in [-0.39, 0.29) is 5.91 Å². The smallest absolute Gasteiger partial charge is 0.251 e. The first kappa shape index (κ1) is 26.2. The summed E-state index contributed by atoms with van der Waals surface area (Å²) in [6.07, 6.45) is 6.58. The molecule has 0 unspecified atom stereocenters. The molecule has 4 aromatic rings. The monoisotopic (exact) mass is 495 g/mol. The first-order chi connectivity index (χ1) is 18.1. The molecule has 37 heavy (non-hydrogen) atoms. The Morgan fingerprint density at radius 3 is 2.68 bits per heavy atom. The molecule has 0 aliphatic heterocycles. The maximum Gasteiger partial charge on any atom is 0.251 e. The van der Waals surface area contributed by atoms with Gasteiger partial charge in [-0.3, -0.25) is 4.79 Å². The van der Waals surface area contributed by atoms with Gasteiger partial charge in [-0.1, -0.05) is 60.5 Å². The fourth-order valence-corrected chi connectivity index (χ4v) is 4.73. The third-order valence-electron chi connectivity index (χ3n) is 6.63. The summed E-state index contributed by atoms with van der Waals surface area (Å²) < 4.78 is 8.45. The van der Waals surface area contributed by atoms with Crippen LogP contribution >= 0.6 is 0 Å². The van der Waals surface area contributed by atoms with E-state index >= 15 is 0 Å². The highest BCUT2D eigenvalue weighted by Gasteiger charge is 2.12. The summed E-state index contributed by atoms with van der Waals surface area (Å²) in [6.45, 7) is 9.87. The summed E-state index contributed by atoms with van der Waals surface area (Å²) in [6, 6.07) is 22.4. The number of benzene rings is 3. The molecule has 1 aromatic heterocycles. The molecule has 0 aliphatic carbocycles. The number of carbonyl (C=O) groups is 1. The van der Waals surface area contributed by atoms with Crippen molar-refractivity contribution in [3.05, 3.63) is 107 Å². The number of ether oxygens (including phenoxy) is 1. The van der Waals surface area contributed by atoms with E-state index in [0.717, 1.165) is 77.9 Å². The van der Waals surface area contributed by atoms with E-state index in [1.165, 1.54) is 5.56 Å². The molecule has 3 aromatic carbocycles. The van der Waals surface area contributed by atoms with Crippen LogP contribution in [0.3, 0.4) is 0 Å². The second-order valence-corrected chi connectivity index (χ2v) is 9.50. The van der Waals surface area contributed by atoms with E-state index in [0.29, 0.717) is 13.2 Å². The molecule has 5 nitrogen and oxygen atoms in total. The molecule has 0 saturated carbocycles. The van der Waals surface area contributed by atoms with Crippen molar-refractivity contribution in [2.45, 2.75) is 52.5 Å². The quantitative estimate of drug-likeness (QED) is 0.168. The molecule has 0 atom stereocenters. The van der Waals surface area contributed by atoms with Crippen molar-refractivity contribution in [1.82, 2.24) is 14.9 Å². The number of fused-ring (bicyclic) bond motifs is 1. The number of nitrogens with zero attached hydrogens (tertiary/aromatic N) is 2. The Morgan fingerprint density at radius 1 is 1.03 bits per heavy atom. The lowest BCUT2D eigenvalue weighted by atomic mass is 10.1. The van der Waals surface area contributed by atoms with Crippen molar-refractivity contribution < 1.29 is 9.53 Å². The van der Waals surface area contributed by atoms with Crippen LogP contribution in [0.4, 0.5) is 0 Å². The number of amides is 1. The molecule has 0 bridgehead atoms. The van der Waals surface area contributed by atoms with Crippen molar-refractivity contribution in [3.63, 3.8) is 0 Å². The molecule has 0 spiro atoms. The number of imidazole rings is 1. The van der Waals surface area contributed by atoms with E-state index in [2.05, 4.69) is 40.7 Å². The van der Waals surface area contributed by atoms with Gasteiger partial charge in [-0.2, -0.15) is 0 Å². The molecule has 1 heterocycles. The third-order valence-corrected chi connectivity index (χ3v) is 6.63. The van der Waals surface area contributed by atoms with E-state index in [1.807, 2.05) is 62.4 Å². The molecular formula is C32H37N3O2. The SMILES string of the molecule is C=CCc1ccccc1OCCn1c(CCCCCNC(=O)c2ccc(C)cc2C)nc2ccccc21. The zero-order chi connectivity index (χ0) is 26.0. The molecule has 0 saturated heterocycles. The fraction of sp³-hybridized carbons (Fsp3) is 0.312. The lowest BCUT2D eigenvalue weighted by molar-refractivity contribution is 0.0952. The summed E-state index contributed by atoms with van der Waals surface area (Å²) >= 11 is 0. The van der Waals surface area contributed by atoms with Crippen molar-refractivity contribution in [3.8, 4) is 5.75 Å². The number of carbonyl (C=O) groups excluding carboxylic acids is 1. The van der Waals surface area contributed by atoms with Crippen LogP contribution < -0.4 is 10.1 Å². The van der Waals surface area contributed by atoms with Gasteiger partial charge in [0.05, 0.1) is 17.6 Å². The van der Waals surface area contributed by atoms with Gasteiger partial charge in [-0.15, -0.1) is 6.58 Å². The third kappa shape index (κ3) is 6.88. The Hall–Kier alpha value is -3.86. The van der Waals surface area contributed by atoms with Crippen LogP contribution in [0.25, 0.3) is 11.0 Å². The van der Waals surface area contributed by atoms with Crippen LogP contribution in [0, 0.1) is 13.8 Å². The van der Waals surface area contributed by atoms with Crippen LogP contribution in [-0.2, 0) is 19.4 Å². The van der Waals surface area contributed by atoms with Crippen LogP contribution in [0.15, 0.2) is 79.4 Å². The fourth-order valence-electron chi connectivity index (χ4n) is 4.73. The van der Waals surface area contributed by atoms with E-state index in [4.69, 9.17) is 9.72 Å². The number of aromatic nitrogens is 2. The van der Waals surface area contributed by atoms with Crippen molar-refractivity contribution >= 4 is 16.9 Å². The summed E-state index contributed by atoms with van der Waals surface area (Å²) in [5.74, 6) is 2.01. The van der Waals surface area contributed by atoms with Gasteiger partial charge in [0.1, 0.15) is 18.2 Å². The highest BCUT2D eigenvalue weighted by Crippen LogP contribution is 2.21. The maximum atomic E-state index is 12.5. The van der Waals surface area contributed by atoms with Crippen LogP contribution in [-0.4, -0.2) is 28.6 Å². The number of para-hydroxylation sites is 3. The zero-order valence-corrected chi connectivity index (χ0v) is 22.0. The Morgan fingerprint density at radius 2 is 1.84 bits per heavy atom. The molecule has 0 radical (unpaired) electrons. The second-order valence-electron chi connectivity index (χ2n) is 9.50. The first-order valence-corrected chi connectivity index (χ1v) is 13.2. The Labute approximate surface area is 220 Å². The van der Waals surface area contributed by atoms with Gasteiger partial charge < -0.3 is 14.6 Å². The maximum absolute atomic E-state index is 12.5. The highest BCUT2D eigenvalue weighted by molar-refractivity contribution is 5.95. The Balaban J connectivity index is 1.29. The lowest BCUT2D eigenvalue weighted by Crippen LogP contribution is -2.25. The number of unbranched alkanes of at least 4 members (excludes halogenated alkanes) is 2. The molecule has 0 aliphatic rings. The number of nitrogens with one attached hydrogen (secondary N) is 1. The summed E-state index contributed by atoms with van der Waals surface area (Å²) in [4.78, 5) is 17.4. The Kier molecular flexibility index (Phi) is 9.14. The summed E-state index contributed by atoms with van der Waals surface area (Å²) in [5.41, 5.74) is 6.26. The van der Waals surface area contributed by atoms with Crippen LogP contribution in [0.1, 0.15) is 52.1 Å². The minimum absolute atomic E-state index is 0.00829. The minimum Gasteiger partial charge on any atom is -0.491 e. The molecule has 5 heteroatoms. The molecule has 4 rings (SSSR count). The molecule has 1 amide bonds. The largest absolute Gasteiger partial charge is 0.491 e. The molecular weight excluding hydrogens is 458 g/mol. The number of aryl methyl sites for hydroxylation is 3. The average Bonchev–Trinajstić information content (AvgIpc) is 3.24. The number of rotatable bonds is 13. The van der Waals surface area contributed by atoms with Gasteiger partial charge in [0.25, 0.3) is 5.91 Å². The van der Waals surface area contributed by atoms with E-state index < -0.39 is 0 Å². The first-order valence-electron chi connectivity index (χ1n) is 13.2. The second kappa shape index (κ2) is 12.9. The van der Waals surface area contributed by atoms with Gasteiger partial charge in [-0.25, -0.2) is 4.98 Å². The van der Waals surface area contributed by atoms with Gasteiger partial charge in [-0.05, 0) is 68.5 Å². The number of hydrogen-bond donors (Lipinski definition) is 1. The van der Waals surface area contributed by atoms with Crippen molar-refractivity contribution in [1.29, 1.82) is 0 Å². The van der Waals surface area contributed by atoms with Crippen molar-refractivity contribution in [2.24, 2.45) is 0 Å². The zero-order valence-electron chi connectivity index (χ0n) is 22.0. The average molecular weight is 496 g/mol. The predicted molar refractivity (Wildman–Crippen MR) is 151 cm³/mol. The topological polar surface area (TPSA) is 56.1 Å². The Bertz CT molecular complexity index is 1360. The predicted octanol–water partition coefficient (Wildman–Crippen LogP) is 6.60. The minimum atomic E-state index is 0.00829. The number of hydrogen-bond acceptors (Lipinski definition) is 3. The van der Waals surface area contributed by atoms with Gasteiger partial charge in [0.2, 0.25) is 0 Å². The normalized spacial score (nSPS) is 11.0. The number of allylic oxidation sites excluding steroid dienone is 1. The molecule has 0 fully saturated rings. The summed E-state index contributed by atoms with van der Waals surface area (Å²) in [5, 5.41) is 3.07. The molecule has 1 N–H and O–H groups in total. The highest BCUT2D eigenvalue weighted by atomic mass is 16.5. The van der Waals surface area contributed by atoms with E-state index in [1.54, 1.807) is 0 Å². The standard InChI is InChI=1S/C32H37N3O2/c1-4-12-26-13-7-10-16-30(26)37-22-21-35-29-15-9-8-14-28(29)34-31(35)17-6-5-11-20-33-32(36)27-19-18-24(2)23-25(27)3/h4,7-10,13-16,18-19,23H,1,5-6,11-12,17,20-22H2,2-3H3,(H,33,36). The van der Waals surface area contributed by atoms with Crippen LogP contribution in [0.2, 0.25) is 0 Å².